The van der Waals surface area contributed by atoms with Crippen molar-refractivity contribution < 1.29 is 14.3 Å². The molecule has 2 amide bonds. The van der Waals surface area contributed by atoms with Crippen LogP contribution in [0.5, 0.6) is 5.75 Å². The van der Waals surface area contributed by atoms with Gasteiger partial charge in [0, 0.05) is 25.1 Å². The highest BCUT2D eigenvalue weighted by atomic mass is 16.5. The molecule has 3 rings (SSSR count). The van der Waals surface area contributed by atoms with E-state index in [2.05, 4.69) is 20.6 Å². The standard InChI is InChI=1S/C18H20N4O3/c23-17-14(4-1-2-8-21-17)22-18(24)16-15(5-3-9-20-16)25-12-13-6-10-19-11-7-13/h3,5-7,9-11,14H,1-2,4,8,12H2,(H,21,23)(H,22,24). The summed E-state index contributed by atoms with van der Waals surface area (Å²) in [5.74, 6) is -0.181. The van der Waals surface area contributed by atoms with Crippen molar-refractivity contribution in [3.63, 3.8) is 0 Å². The zero-order valence-corrected chi connectivity index (χ0v) is 13.8. The average molecular weight is 340 g/mol. The van der Waals surface area contributed by atoms with E-state index in [1.165, 1.54) is 6.20 Å². The van der Waals surface area contributed by atoms with Gasteiger partial charge >= 0.3 is 0 Å². The van der Waals surface area contributed by atoms with Gasteiger partial charge in [-0.3, -0.25) is 14.6 Å². The van der Waals surface area contributed by atoms with Crippen LogP contribution in [-0.4, -0.2) is 34.4 Å². The second kappa shape index (κ2) is 8.23. The van der Waals surface area contributed by atoms with Gasteiger partial charge in [-0.1, -0.05) is 0 Å². The Kier molecular flexibility index (Phi) is 5.56. The molecule has 130 valence electrons. The highest BCUT2D eigenvalue weighted by Crippen LogP contribution is 2.17. The highest BCUT2D eigenvalue weighted by molar-refractivity contribution is 5.98. The lowest BCUT2D eigenvalue weighted by Gasteiger charge is -2.16. The van der Waals surface area contributed by atoms with Crippen molar-refractivity contribution in [3.8, 4) is 5.75 Å². The van der Waals surface area contributed by atoms with Crippen molar-refractivity contribution in [3.05, 3.63) is 54.1 Å². The van der Waals surface area contributed by atoms with Gasteiger partial charge in [0.05, 0.1) is 0 Å². The SMILES string of the molecule is O=C(NC1CCCCNC1=O)c1ncccc1OCc1ccncc1. The van der Waals surface area contributed by atoms with Crippen LogP contribution in [0, 0.1) is 0 Å². The Morgan fingerprint density at radius 3 is 2.92 bits per heavy atom. The van der Waals surface area contributed by atoms with Crippen LogP contribution in [0.2, 0.25) is 0 Å². The molecule has 0 bridgehead atoms. The maximum Gasteiger partial charge on any atom is 0.274 e. The molecular formula is C18H20N4O3. The van der Waals surface area contributed by atoms with E-state index in [0.717, 1.165) is 18.4 Å². The van der Waals surface area contributed by atoms with E-state index in [1.54, 1.807) is 24.5 Å². The van der Waals surface area contributed by atoms with Crippen molar-refractivity contribution in [1.29, 1.82) is 0 Å². The number of rotatable bonds is 5. The molecule has 1 unspecified atom stereocenters. The molecular weight excluding hydrogens is 320 g/mol. The van der Waals surface area contributed by atoms with Crippen LogP contribution in [0.15, 0.2) is 42.9 Å². The van der Waals surface area contributed by atoms with Gasteiger partial charge in [-0.05, 0) is 49.1 Å². The van der Waals surface area contributed by atoms with Crippen LogP contribution >= 0.6 is 0 Å². The predicted molar refractivity (Wildman–Crippen MR) is 90.9 cm³/mol. The largest absolute Gasteiger partial charge is 0.486 e. The van der Waals surface area contributed by atoms with Crippen LogP contribution < -0.4 is 15.4 Å². The van der Waals surface area contributed by atoms with E-state index < -0.39 is 11.9 Å². The van der Waals surface area contributed by atoms with Gasteiger partial charge < -0.3 is 15.4 Å². The number of nitrogens with one attached hydrogen (secondary N) is 2. The van der Waals surface area contributed by atoms with Gasteiger partial charge in [0.25, 0.3) is 5.91 Å². The summed E-state index contributed by atoms with van der Waals surface area (Å²) in [7, 11) is 0. The van der Waals surface area contributed by atoms with Crippen molar-refractivity contribution in [2.75, 3.05) is 6.54 Å². The van der Waals surface area contributed by atoms with Gasteiger partial charge in [0.2, 0.25) is 5.91 Å². The molecule has 2 aromatic heterocycles. The fourth-order valence-electron chi connectivity index (χ4n) is 2.62. The minimum atomic E-state index is -0.537. The van der Waals surface area contributed by atoms with E-state index in [-0.39, 0.29) is 11.6 Å². The smallest absolute Gasteiger partial charge is 0.274 e. The Morgan fingerprint density at radius 1 is 1.24 bits per heavy atom. The maximum absolute atomic E-state index is 12.6. The van der Waals surface area contributed by atoms with Crippen molar-refractivity contribution in [1.82, 2.24) is 20.6 Å². The number of carbonyl (C=O) groups excluding carboxylic acids is 2. The summed E-state index contributed by atoms with van der Waals surface area (Å²) >= 11 is 0. The fourth-order valence-corrected chi connectivity index (χ4v) is 2.62. The van der Waals surface area contributed by atoms with E-state index in [1.807, 2.05) is 12.1 Å². The zero-order chi connectivity index (χ0) is 17.5. The molecule has 2 N–H and O–H groups in total. The van der Waals surface area contributed by atoms with Gasteiger partial charge in [0.15, 0.2) is 11.4 Å². The van der Waals surface area contributed by atoms with Crippen LogP contribution in [0.1, 0.15) is 35.3 Å². The molecule has 1 aliphatic heterocycles. The second-order valence-electron chi connectivity index (χ2n) is 5.81. The van der Waals surface area contributed by atoms with Gasteiger partial charge in [0.1, 0.15) is 12.6 Å². The maximum atomic E-state index is 12.6. The number of aromatic nitrogens is 2. The van der Waals surface area contributed by atoms with Crippen LogP contribution in [0.25, 0.3) is 0 Å². The molecule has 1 aliphatic rings. The minimum Gasteiger partial charge on any atom is -0.486 e. The molecule has 1 atom stereocenters. The molecule has 7 heteroatoms. The molecule has 25 heavy (non-hydrogen) atoms. The summed E-state index contributed by atoms with van der Waals surface area (Å²) in [6, 6.07) is 6.54. The van der Waals surface area contributed by atoms with E-state index in [9.17, 15) is 9.59 Å². The summed E-state index contributed by atoms with van der Waals surface area (Å²) < 4.78 is 5.73. The molecule has 0 radical (unpaired) electrons. The van der Waals surface area contributed by atoms with E-state index >= 15 is 0 Å². The lowest BCUT2D eigenvalue weighted by Crippen LogP contribution is -2.45. The van der Waals surface area contributed by atoms with Gasteiger partial charge in [-0.2, -0.15) is 0 Å². The Balaban J connectivity index is 1.68. The molecule has 1 saturated heterocycles. The van der Waals surface area contributed by atoms with Crippen LogP contribution in [0.4, 0.5) is 0 Å². The highest BCUT2D eigenvalue weighted by Gasteiger charge is 2.24. The summed E-state index contributed by atoms with van der Waals surface area (Å²) in [5.41, 5.74) is 1.11. The van der Waals surface area contributed by atoms with Gasteiger partial charge in [-0.25, -0.2) is 4.98 Å². The molecule has 1 fully saturated rings. The van der Waals surface area contributed by atoms with Crippen molar-refractivity contribution >= 4 is 11.8 Å². The Hall–Kier alpha value is -2.96. The van der Waals surface area contributed by atoms with Crippen LogP contribution in [-0.2, 0) is 11.4 Å². The topological polar surface area (TPSA) is 93.2 Å². The minimum absolute atomic E-state index is 0.152. The van der Waals surface area contributed by atoms with Crippen LogP contribution in [0.3, 0.4) is 0 Å². The monoisotopic (exact) mass is 340 g/mol. The first-order valence-electron chi connectivity index (χ1n) is 8.29. The molecule has 0 aromatic carbocycles. The Labute approximate surface area is 145 Å². The zero-order valence-electron chi connectivity index (χ0n) is 13.8. The van der Waals surface area contributed by atoms with Gasteiger partial charge in [-0.15, -0.1) is 0 Å². The van der Waals surface area contributed by atoms with E-state index in [0.29, 0.717) is 25.3 Å². The molecule has 0 saturated carbocycles. The number of hydrogen-bond acceptors (Lipinski definition) is 5. The normalized spacial score (nSPS) is 17.3. The number of ether oxygens (including phenoxy) is 1. The predicted octanol–water partition coefficient (Wildman–Crippen LogP) is 1.45. The Morgan fingerprint density at radius 2 is 2.08 bits per heavy atom. The summed E-state index contributed by atoms with van der Waals surface area (Å²) in [6.07, 6.45) is 7.32. The third-order valence-electron chi connectivity index (χ3n) is 3.97. The average Bonchev–Trinajstić information content (AvgIpc) is 2.85. The number of carbonyl (C=O) groups is 2. The quantitative estimate of drug-likeness (QED) is 0.859. The lowest BCUT2D eigenvalue weighted by atomic mass is 10.1. The molecule has 2 aromatic rings. The number of amides is 2. The summed E-state index contributed by atoms with van der Waals surface area (Å²) in [6.45, 7) is 0.952. The second-order valence-corrected chi connectivity index (χ2v) is 5.81. The summed E-state index contributed by atoms with van der Waals surface area (Å²) in [4.78, 5) is 32.6. The Bertz CT molecular complexity index is 736. The molecule has 7 nitrogen and oxygen atoms in total. The van der Waals surface area contributed by atoms with Crippen molar-refractivity contribution in [2.24, 2.45) is 0 Å². The number of nitrogens with zero attached hydrogens (tertiary/aromatic N) is 2. The van der Waals surface area contributed by atoms with Crippen molar-refractivity contribution in [2.45, 2.75) is 31.9 Å². The van der Waals surface area contributed by atoms with E-state index in [4.69, 9.17) is 4.74 Å². The molecule has 0 aliphatic carbocycles. The fraction of sp³-hybridized carbons (Fsp3) is 0.333. The first-order chi connectivity index (χ1) is 12.2. The number of hydrogen-bond donors (Lipinski definition) is 2. The lowest BCUT2D eigenvalue weighted by molar-refractivity contribution is -0.122. The molecule has 3 heterocycles. The first-order valence-corrected chi connectivity index (χ1v) is 8.29. The third kappa shape index (κ3) is 4.53. The first kappa shape index (κ1) is 16.9. The molecule has 0 spiro atoms. The summed E-state index contributed by atoms with van der Waals surface area (Å²) in [5, 5.41) is 5.56. The third-order valence-corrected chi connectivity index (χ3v) is 3.97. The number of pyridine rings is 2.